The molecule has 0 aliphatic carbocycles. The van der Waals surface area contributed by atoms with Crippen LogP contribution in [0.2, 0.25) is 0 Å². The Bertz CT molecular complexity index is 775. The number of ether oxygens (including phenoxy) is 1. The van der Waals surface area contributed by atoms with Crippen LogP contribution >= 0.6 is 11.3 Å². The zero-order valence-corrected chi connectivity index (χ0v) is 14.4. The van der Waals surface area contributed by atoms with Crippen LogP contribution in [0.1, 0.15) is 28.1 Å². The maximum absolute atomic E-state index is 12.2. The lowest BCUT2D eigenvalue weighted by Gasteiger charge is -2.40. The van der Waals surface area contributed by atoms with Gasteiger partial charge in [-0.25, -0.2) is 0 Å². The van der Waals surface area contributed by atoms with Crippen molar-refractivity contribution in [1.29, 1.82) is 0 Å². The zero-order chi connectivity index (χ0) is 16.6. The SMILES string of the molecule is CN1CCC2(C=Cc3cc(NC(=O)c4cccs4)ccc3O2)CC1. The van der Waals surface area contributed by atoms with Crippen molar-refractivity contribution in [1.82, 2.24) is 4.90 Å². The molecule has 24 heavy (non-hydrogen) atoms. The monoisotopic (exact) mass is 340 g/mol. The van der Waals surface area contributed by atoms with E-state index in [-0.39, 0.29) is 11.5 Å². The summed E-state index contributed by atoms with van der Waals surface area (Å²) in [5.74, 6) is 0.827. The number of fused-ring (bicyclic) bond motifs is 1. The molecule has 1 N–H and O–H groups in total. The highest BCUT2D eigenvalue weighted by Gasteiger charge is 2.35. The number of nitrogens with one attached hydrogen (secondary N) is 1. The second-order valence-electron chi connectivity index (χ2n) is 6.49. The smallest absolute Gasteiger partial charge is 0.265 e. The molecule has 124 valence electrons. The van der Waals surface area contributed by atoms with E-state index in [4.69, 9.17) is 4.74 Å². The third-order valence-electron chi connectivity index (χ3n) is 4.73. The third kappa shape index (κ3) is 2.97. The summed E-state index contributed by atoms with van der Waals surface area (Å²) in [4.78, 5) is 15.2. The minimum absolute atomic E-state index is 0.0718. The Hall–Kier alpha value is -2.11. The molecule has 2 aliphatic heterocycles. The van der Waals surface area contributed by atoms with Gasteiger partial charge < -0.3 is 15.0 Å². The lowest BCUT2D eigenvalue weighted by Crippen LogP contribution is -2.46. The van der Waals surface area contributed by atoms with Gasteiger partial charge >= 0.3 is 0 Å². The fourth-order valence-electron chi connectivity index (χ4n) is 3.21. The molecule has 1 fully saturated rings. The number of anilines is 1. The normalized spacial score (nSPS) is 18.9. The van der Waals surface area contributed by atoms with Crippen molar-refractivity contribution in [2.75, 3.05) is 25.5 Å². The molecule has 1 spiro atoms. The summed E-state index contributed by atoms with van der Waals surface area (Å²) in [5, 5.41) is 4.85. The molecule has 1 saturated heterocycles. The van der Waals surface area contributed by atoms with Crippen LogP contribution in [0.25, 0.3) is 6.08 Å². The fourth-order valence-corrected chi connectivity index (χ4v) is 3.83. The van der Waals surface area contributed by atoms with Crippen LogP contribution < -0.4 is 10.1 Å². The summed E-state index contributed by atoms with van der Waals surface area (Å²) in [6.07, 6.45) is 6.34. The van der Waals surface area contributed by atoms with Crippen LogP contribution in [0.3, 0.4) is 0 Å². The Morgan fingerprint density at radius 2 is 2.12 bits per heavy atom. The van der Waals surface area contributed by atoms with E-state index in [1.54, 1.807) is 0 Å². The Morgan fingerprint density at radius 1 is 1.29 bits per heavy atom. The zero-order valence-electron chi connectivity index (χ0n) is 13.6. The van der Waals surface area contributed by atoms with E-state index in [2.05, 4.69) is 29.4 Å². The molecule has 1 aromatic heterocycles. The maximum atomic E-state index is 12.2. The third-order valence-corrected chi connectivity index (χ3v) is 5.59. The quantitative estimate of drug-likeness (QED) is 0.902. The second-order valence-corrected chi connectivity index (χ2v) is 7.44. The Balaban J connectivity index is 1.51. The highest BCUT2D eigenvalue weighted by Crippen LogP contribution is 2.38. The molecule has 2 aliphatic rings. The first-order valence-corrected chi connectivity index (χ1v) is 9.07. The largest absolute Gasteiger partial charge is 0.482 e. The summed E-state index contributed by atoms with van der Waals surface area (Å²) in [6.45, 7) is 2.10. The number of thiophene rings is 1. The minimum atomic E-state index is -0.165. The summed E-state index contributed by atoms with van der Waals surface area (Å²) < 4.78 is 6.32. The Labute approximate surface area is 145 Å². The molecule has 0 bridgehead atoms. The molecule has 1 aromatic carbocycles. The van der Waals surface area contributed by atoms with Gasteiger partial charge in [0.15, 0.2) is 0 Å². The molecule has 0 saturated carbocycles. The lowest BCUT2D eigenvalue weighted by atomic mass is 9.88. The molecule has 0 radical (unpaired) electrons. The fraction of sp³-hybridized carbons (Fsp3) is 0.316. The van der Waals surface area contributed by atoms with Crippen LogP contribution in [-0.4, -0.2) is 36.5 Å². The number of hydrogen-bond donors (Lipinski definition) is 1. The van der Waals surface area contributed by atoms with Crippen molar-refractivity contribution in [3.8, 4) is 5.75 Å². The number of rotatable bonds is 2. The number of carbonyl (C=O) groups is 1. The molecule has 0 atom stereocenters. The van der Waals surface area contributed by atoms with Gasteiger partial charge in [-0.2, -0.15) is 0 Å². The van der Waals surface area contributed by atoms with Crippen molar-refractivity contribution >= 4 is 29.0 Å². The second kappa shape index (κ2) is 6.07. The Kier molecular flexibility index (Phi) is 3.90. The molecular weight excluding hydrogens is 320 g/mol. The van der Waals surface area contributed by atoms with Crippen molar-refractivity contribution in [2.45, 2.75) is 18.4 Å². The molecule has 5 heteroatoms. The van der Waals surface area contributed by atoms with Gasteiger partial charge in [-0.1, -0.05) is 12.1 Å². The van der Waals surface area contributed by atoms with E-state index in [0.29, 0.717) is 4.88 Å². The van der Waals surface area contributed by atoms with Gasteiger partial charge in [0, 0.05) is 37.2 Å². The summed E-state index contributed by atoms with van der Waals surface area (Å²) in [7, 11) is 2.15. The molecule has 4 rings (SSSR count). The van der Waals surface area contributed by atoms with Crippen molar-refractivity contribution in [3.63, 3.8) is 0 Å². The summed E-state index contributed by atoms with van der Waals surface area (Å²) in [5.41, 5.74) is 1.64. The predicted octanol–water partition coefficient (Wildman–Crippen LogP) is 3.87. The van der Waals surface area contributed by atoms with Crippen LogP contribution in [-0.2, 0) is 0 Å². The van der Waals surface area contributed by atoms with Crippen LogP contribution in [0.5, 0.6) is 5.75 Å². The first-order chi connectivity index (χ1) is 11.6. The number of carbonyl (C=O) groups excluding carboxylic acids is 1. The van der Waals surface area contributed by atoms with Gasteiger partial charge in [-0.05, 0) is 42.8 Å². The molecule has 0 unspecified atom stereocenters. The van der Waals surface area contributed by atoms with Crippen LogP contribution in [0.15, 0.2) is 41.8 Å². The van der Waals surface area contributed by atoms with Gasteiger partial charge in [0.25, 0.3) is 5.91 Å². The van der Waals surface area contributed by atoms with E-state index in [9.17, 15) is 4.79 Å². The molecule has 3 heterocycles. The lowest BCUT2D eigenvalue weighted by molar-refractivity contribution is 0.0473. The first-order valence-electron chi connectivity index (χ1n) is 8.19. The van der Waals surface area contributed by atoms with Crippen molar-refractivity contribution in [2.24, 2.45) is 0 Å². The highest BCUT2D eigenvalue weighted by molar-refractivity contribution is 7.12. The summed E-state index contributed by atoms with van der Waals surface area (Å²) in [6, 6.07) is 9.55. The van der Waals surface area contributed by atoms with E-state index in [0.717, 1.165) is 42.9 Å². The summed E-state index contributed by atoms with van der Waals surface area (Å²) >= 11 is 1.44. The van der Waals surface area contributed by atoms with Crippen molar-refractivity contribution in [3.05, 3.63) is 52.2 Å². The number of benzene rings is 1. The van der Waals surface area contributed by atoms with E-state index in [1.165, 1.54) is 11.3 Å². The number of hydrogen-bond acceptors (Lipinski definition) is 4. The van der Waals surface area contributed by atoms with Gasteiger partial charge in [-0.15, -0.1) is 11.3 Å². The molecule has 4 nitrogen and oxygen atoms in total. The van der Waals surface area contributed by atoms with Crippen LogP contribution in [0, 0.1) is 0 Å². The van der Waals surface area contributed by atoms with E-state index < -0.39 is 0 Å². The van der Waals surface area contributed by atoms with Gasteiger partial charge in [0.2, 0.25) is 0 Å². The Morgan fingerprint density at radius 3 is 2.88 bits per heavy atom. The average Bonchev–Trinajstić information content (AvgIpc) is 3.13. The van der Waals surface area contributed by atoms with E-state index >= 15 is 0 Å². The highest BCUT2D eigenvalue weighted by atomic mass is 32.1. The van der Waals surface area contributed by atoms with Gasteiger partial charge in [-0.3, -0.25) is 4.79 Å². The molecule has 1 amide bonds. The topological polar surface area (TPSA) is 41.6 Å². The number of amides is 1. The van der Waals surface area contributed by atoms with Crippen LogP contribution in [0.4, 0.5) is 5.69 Å². The maximum Gasteiger partial charge on any atom is 0.265 e. The average molecular weight is 340 g/mol. The number of piperidine rings is 1. The van der Waals surface area contributed by atoms with Crippen molar-refractivity contribution < 1.29 is 9.53 Å². The molecule has 2 aromatic rings. The minimum Gasteiger partial charge on any atom is -0.482 e. The van der Waals surface area contributed by atoms with E-state index in [1.807, 2.05) is 35.7 Å². The first kappa shape index (κ1) is 15.4. The van der Waals surface area contributed by atoms with Gasteiger partial charge in [0.05, 0.1) is 4.88 Å². The number of likely N-dealkylation sites (tertiary alicyclic amines) is 1. The number of nitrogens with zero attached hydrogens (tertiary/aromatic N) is 1. The standard InChI is InChI=1S/C19H20N2O2S/c1-21-10-8-19(9-11-21)7-6-14-13-15(4-5-16(14)23-19)20-18(22)17-3-2-12-24-17/h2-7,12-13H,8-11H2,1H3,(H,20,22). The van der Waals surface area contributed by atoms with Gasteiger partial charge in [0.1, 0.15) is 11.4 Å². The molecular formula is C19H20N2O2S. The predicted molar refractivity (Wildman–Crippen MR) is 97.8 cm³/mol.